The van der Waals surface area contributed by atoms with E-state index < -0.39 is 8.07 Å². The molecule has 0 bridgehead atoms. The zero-order valence-corrected chi connectivity index (χ0v) is 12.0. The van der Waals surface area contributed by atoms with Gasteiger partial charge in [0.15, 0.2) is 0 Å². The van der Waals surface area contributed by atoms with Gasteiger partial charge < -0.3 is 0 Å². The second-order valence-electron chi connectivity index (χ2n) is 5.48. The molecule has 0 aromatic heterocycles. The van der Waals surface area contributed by atoms with Gasteiger partial charge in [-0.2, -0.15) is 0 Å². The topological polar surface area (TPSA) is 0 Å². The third-order valence-corrected chi connectivity index (χ3v) is 3.59. The molecular formula is C16H18Si. The van der Waals surface area contributed by atoms with Crippen molar-refractivity contribution >= 4 is 18.8 Å². The zero-order chi connectivity index (χ0) is 12.5. The molecular weight excluding hydrogens is 220 g/mol. The normalized spacial score (nSPS) is 11.1. The molecule has 0 heterocycles. The summed E-state index contributed by atoms with van der Waals surface area (Å²) in [7, 11) is -1.30. The van der Waals surface area contributed by atoms with Crippen LogP contribution in [-0.4, -0.2) is 8.07 Å². The Bertz CT molecular complexity index is 607. The Morgan fingerprint density at radius 2 is 1.53 bits per heavy atom. The first-order valence-electron chi connectivity index (χ1n) is 5.99. The van der Waals surface area contributed by atoms with Crippen molar-refractivity contribution in [2.45, 2.75) is 26.6 Å². The van der Waals surface area contributed by atoms with Crippen molar-refractivity contribution in [1.29, 1.82) is 0 Å². The third-order valence-electron chi connectivity index (χ3n) is 2.71. The van der Waals surface area contributed by atoms with Gasteiger partial charge in [0.25, 0.3) is 0 Å². The van der Waals surface area contributed by atoms with Crippen LogP contribution in [0.2, 0.25) is 19.6 Å². The van der Waals surface area contributed by atoms with Crippen LogP contribution >= 0.6 is 0 Å². The maximum atomic E-state index is 3.44. The van der Waals surface area contributed by atoms with Gasteiger partial charge >= 0.3 is 0 Å². The van der Waals surface area contributed by atoms with Crippen molar-refractivity contribution in [1.82, 2.24) is 0 Å². The summed E-state index contributed by atoms with van der Waals surface area (Å²) in [5.74, 6) is 3.37. The van der Waals surface area contributed by atoms with Gasteiger partial charge in [-0.15, -0.1) is 5.54 Å². The van der Waals surface area contributed by atoms with Gasteiger partial charge in [-0.05, 0) is 29.3 Å². The first-order valence-corrected chi connectivity index (χ1v) is 9.49. The highest BCUT2D eigenvalue weighted by Crippen LogP contribution is 2.21. The Morgan fingerprint density at radius 3 is 2.18 bits per heavy atom. The molecule has 0 amide bonds. The van der Waals surface area contributed by atoms with E-state index in [0.29, 0.717) is 0 Å². The molecule has 2 aromatic rings. The van der Waals surface area contributed by atoms with Gasteiger partial charge in [0.1, 0.15) is 8.07 Å². The maximum absolute atomic E-state index is 3.44. The zero-order valence-electron chi connectivity index (χ0n) is 11.0. The molecule has 0 fully saturated rings. The van der Waals surface area contributed by atoms with Gasteiger partial charge in [0.2, 0.25) is 0 Å². The Labute approximate surface area is 105 Å². The van der Waals surface area contributed by atoms with E-state index in [9.17, 15) is 0 Å². The average molecular weight is 238 g/mol. The van der Waals surface area contributed by atoms with Crippen molar-refractivity contribution in [3.05, 3.63) is 47.5 Å². The lowest BCUT2D eigenvalue weighted by molar-refractivity contribution is 1.52. The van der Waals surface area contributed by atoms with E-state index in [2.05, 4.69) is 74.4 Å². The van der Waals surface area contributed by atoms with E-state index in [1.165, 1.54) is 16.3 Å². The molecule has 2 rings (SSSR count). The molecule has 0 unspecified atom stereocenters. The lowest BCUT2D eigenvalue weighted by Crippen LogP contribution is -2.16. The number of benzene rings is 2. The summed E-state index contributed by atoms with van der Waals surface area (Å²) in [4.78, 5) is 0. The average Bonchev–Trinajstić information content (AvgIpc) is 2.27. The Morgan fingerprint density at radius 1 is 0.882 bits per heavy atom. The van der Waals surface area contributed by atoms with Gasteiger partial charge in [0.05, 0.1) is 0 Å². The number of fused-ring (bicyclic) bond motifs is 1. The second-order valence-corrected chi connectivity index (χ2v) is 10.2. The summed E-state index contributed by atoms with van der Waals surface area (Å²) in [6.45, 7) is 8.97. The minimum absolute atomic E-state index is 1.16. The van der Waals surface area contributed by atoms with E-state index in [0.717, 1.165) is 5.56 Å². The fourth-order valence-electron chi connectivity index (χ4n) is 1.81. The van der Waals surface area contributed by atoms with Crippen LogP contribution in [0, 0.1) is 18.4 Å². The Kier molecular flexibility index (Phi) is 3.08. The van der Waals surface area contributed by atoms with Crippen molar-refractivity contribution in [2.24, 2.45) is 0 Å². The van der Waals surface area contributed by atoms with Crippen LogP contribution in [0.1, 0.15) is 11.1 Å². The highest BCUT2D eigenvalue weighted by molar-refractivity contribution is 6.83. The molecule has 0 N–H and O–H groups in total. The molecule has 86 valence electrons. The van der Waals surface area contributed by atoms with E-state index in [1.807, 2.05) is 0 Å². The molecule has 0 aliphatic rings. The summed E-state index contributed by atoms with van der Waals surface area (Å²) in [5.41, 5.74) is 5.92. The fraction of sp³-hybridized carbons (Fsp3) is 0.250. The van der Waals surface area contributed by atoms with Crippen LogP contribution in [0.25, 0.3) is 10.8 Å². The largest absolute Gasteiger partial charge is 0.129 e. The lowest BCUT2D eigenvalue weighted by atomic mass is 10.0. The highest BCUT2D eigenvalue weighted by Gasteiger charge is 2.08. The van der Waals surface area contributed by atoms with Crippen LogP contribution in [0.4, 0.5) is 0 Å². The summed E-state index contributed by atoms with van der Waals surface area (Å²) >= 11 is 0. The summed E-state index contributed by atoms with van der Waals surface area (Å²) in [6, 6.07) is 12.8. The molecule has 2 aromatic carbocycles. The lowest BCUT2D eigenvalue weighted by Gasteiger charge is -2.06. The minimum Gasteiger partial charge on any atom is -0.127 e. The quantitative estimate of drug-likeness (QED) is 0.472. The smallest absolute Gasteiger partial charge is 0.127 e. The fourth-order valence-corrected chi connectivity index (χ4v) is 2.32. The predicted octanol–water partition coefficient (Wildman–Crippen LogP) is 4.38. The third kappa shape index (κ3) is 2.78. The van der Waals surface area contributed by atoms with Crippen LogP contribution in [0.15, 0.2) is 36.4 Å². The van der Waals surface area contributed by atoms with Crippen LogP contribution in [0.5, 0.6) is 0 Å². The molecule has 0 atom stereocenters. The van der Waals surface area contributed by atoms with Crippen LogP contribution in [-0.2, 0) is 0 Å². The molecule has 0 aliphatic carbocycles. The maximum Gasteiger partial charge on any atom is 0.129 e. The predicted molar refractivity (Wildman–Crippen MR) is 78.9 cm³/mol. The standard InChI is InChI=1S/C16H18Si/c1-13-9-10-14(11-12-17(2,3)4)16-8-6-5-7-15(13)16/h5-10H,1-4H3. The molecule has 0 spiro atoms. The first-order chi connectivity index (χ1) is 7.97. The summed E-state index contributed by atoms with van der Waals surface area (Å²) < 4.78 is 0. The molecule has 0 radical (unpaired) electrons. The van der Waals surface area contributed by atoms with Crippen molar-refractivity contribution in [2.75, 3.05) is 0 Å². The van der Waals surface area contributed by atoms with Crippen molar-refractivity contribution in [3.63, 3.8) is 0 Å². The van der Waals surface area contributed by atoms with Crippen LogP contribution in [0.3, 0.4) is 0 Å². The molecule has 0 aliphatic heterocycles. The Hall–Kier alpha value is -1.52. The number of rotatable bonds is 0. The Balaban J connectivity index is 2.63. The number of hydrogen-bond donors (Lipinski definition) is 0. The molecule has 0 nitrogen and oxygen atoms in total. The van der Waals surface area contributed by atoms with Crippen molar-refractivity contribution in [3.8, 4) is 11.5 Å². The molecule has 0 saturated carbocycles. The van der Waals surface area contributed by atoms with Gasteiger partial charge in [-0.1, -0.05) is 55.9 Å². The summed E-state index contributed by atoms with van der Waals surface area (Å²) in [5, 5.41) is 2.59. The highest BCUT2D eigenvalue weighted by atomic mass is 28.3. The van der Waals surface area contributed by atoms with E-state index in [-0.39, 0.29) is 0 Å². The minimum atomic E-state index is -1.30. The second kappa shape index (κ2) is 4.39. The van der Waals surface area contributed by atoms with Gasteiger partial charge in [0, 0.05) is 5.56 Å². The summed E-state index contributed by atoms with van der Waals surface area (Å²) in [6.07, 6.45) is 0. The van der Waals surface area contributed by atoms with Crippen LogP contribution < -0.4 is 0 Å². The van der Waals surface area contributed by atoms with E-state index >= 15 is 0 Å². The van der Waals surface area contributed by atoms with E-state index in [4.69, 9.17) is 0 Å². The van der Waals surface area contributed by atoms with Crippen molar-refractivity contribution < 1.29 is 0 Å². The molecule has 17 heavy (non-hydrogen) atoms. The molecule has 1 heteroatoms. The van der Waals surface area contributed by atoms with E-state index in [1.54, 1.807) is 0 Å². The monoisotopic (exact) mass is 238 g/mol. The number of hydrogen-bond acceptors (Lipinski definition) is 0. The first kappa shape index (κ1) is 11.9. The number of aryl methyl sites for hydroxylation is 1. The van der Waals surface area contributed by atoms with Gasteiger partial charge in [-0.25, -0.2) is 0 Å². The molecule has 0 saturated heterocycles. The SMILES string of the molecule is Cc1ccc(C#C[Si](C)(C)C)c2ccccc12. The van der Waals surface area contributed by atoms with Gasteiger partial charge in [-0.3, -0.25) is 0 Å².